The molecule has 140 valence electrons. The molecule has 1 heterocycles. The summed E-state index contributed by atoms with van der Waals surface area (Å²) in [6.45, 7) is 1.69. The predicted octanol–water partition coefficient (Wildman–Crippen LogP) is 4.01. The summed E-state index contributed by atoms with van der Waals surface area (Å²) in [6, 6.07) is 16.5. The van der Waals surface area contributed by atoms with E-state index in [1.807, 2.05) is 37.3 Å². The number of hydrogen-bond acceptors (Lipinski definition) is 3. The van der Waals surface area contributed by atoms with Gasteiger partial charge in [0.1, 0.15) is 5.75 Å². The van der Waals surface area contributed by atoms with Gasteiger partial charge in [0.25, 0.3) is 5.91 Å². The summed E-state index contributed by atoms with van der Waals surface area (Å²) in [5, 5.41) is 6.84. The Bertz CT molecular complexity index is 937. The molecule has 0 unspecified atom stereocenters. The molecule has 0 aliphatic heterocycles. The zero-order valence-electron chi connectivity index (χ0n) is 14.3. The van der Waals surface area contributed by atoms with Gasteiger partial charge >= 0.3 is 6.36 Å². The molecule has 0 bridgehead atoms. The fourth-order valence-electron chi connectivity index (χ4n) is 2.56. The quantitative estimate of drug-likeness (QED) is 0.733. The highest BCUT2D eigenvalue weighted by Gasteiger charge is 2.32. The van der Waals surface area contributed by atoms with Gasteiger partial charge in [0.05, 0.1) is 5.69 Å². The number of benzene rings is 2. The van der Waals surface area contributed by atoms with Crippen LogP contribution in [0.2, 0.25) is 0 Å². The monoisotopic (exact) mass is 375 g/mol. The first-order chi connectivity index (χ1) is 12.8. The van der Waals surface area contributed by atoms with Gasteiger partial charge in [0.2, 0.25) is 0 Å². The van der Waals surface area contributed by atoms with Crippen LogP contribution in [0.15, 0.2) is 60.7 Å². The molecule has 5 nitrogen and oxygen atoms in total. The van der Waals surface area contributed by atoms with Crippen LogP contribution in [0.4, 0.5) is 13.2 Å². The predicted molar refractivity (Wildman–Crippen MR) is 92.6 cm³/mol. The number of halogens is 3. The van der Waals surface area contributed by atoms with Gasteiger partial charge in [-0.05, 0) is 31.2 Å². The Hall–Kier alpha value is -3.29. The molecule has 3 aromatic rings. The second kappa shape index (κ2) is 7.53. The Labute approximate surface area is 153 Å². The first-order valence-corrected chi connectivity index (χ1v) is 8.07. The van der Waals surface area contributed by atoms with E-state index in [0.717, 1.165) is 11.4 Å². The molecule has 0 saturated carbocycles. The van der Waals surface area contributed by atoms with Crippen molar-refractivity contribution < 1.29 is 22.7 Å². The highest BCUT2D eigenvalue weighted by molar-refractivity contribution is 5.92. The number of alkyl halides is 3. The number of para-hydroxylation sites is 2. The molecule has 2 aromatic carbocycles. The van der Waals surface area contributed by atoms with E-state index in [1.54, 1.807) is 16.8 Å². The zero-order valence-corrected chi connectivity index (χ0v) is 14.3. The van der Waals surface area contributed by atoms with Gasteiger partial charge in [-0.25, -0.2) is 4.68 Å². The van der Waals surface area contributed by atoms with Crippen LogP contribution in [0.3, 0.4) is 0 Å². The lowest BCUT2D eigenvalue weighted by atomic mass is 10.2. The van der Waals surface area contributed by atoms with Crippen molar-refractivity contribution in [2.24, 2.45) is 0 Å². The van der Waals surface area contributed by atoms with Crippen molar-refractivity contribution in [2.45, 2.75) is 19.8 Å². The molecule has 0 spiro atoms. The Morgan fingerprint density at radius 2 is 1.78 bits per heavy atom. The molecule has 0 radical (unpaired) electrons. The number of ether oxygens (including phenoxy) is 1. The van der Waals surface area contributed by atoms with Crippen LogP contribution in [0.1, 0.15) is 21.7 Å². The van der Waals surface area contributed by atoms with Gasteiger partial charge in [-0.15, -0.1) is 13.2 Å². The van der Waals surface area contributed by atoms with Gasteiger partial charge in [-0.2, -0.15) is 5.10 Å². The number of nitrogens with one attached hydrogen (secondary N) is 1. The number of amides is 1. The molecule has 0 aliphatic rings. The summed E-state index contributed by atoms with van der Waals surface area (Å²) in [4.78, 5) is 12.4. The maximum atomic E-state index is 12.5. The Morgan fingerprint density at radius 1 is 1.11 bits per heavy atom. The van der Waals surface area contributed by atoms with Crippen molar-refractivity contribution in [3.05, 3.63) is 77.6 Å². The van der Waals surface area contributed by atoms with Crippen LogP contribution in [0, 0.1) is 6.92 Å². The minimum Gasteiger partial charge on any atom is -0.405 e. The fraction of sp³-hybridized carbons (Fsp3) is 0.158. The summed E-state index contributed by atoms with van der Waals surface area (Å²) in [6.07, 6.45) is -4.80. The van der Waals surface area contributed by atoms with Crippen molar-refractivity contribution in [2.75, 3.05) is 0 Å². The van der Waals surface area contributed by atoms with E-state index in [9.17, 15) is 18.0 Å². The summed E-state index contributed by atoms with van der Waals surface area (Å²) in [7, 11) is 0. The third-order valence-electron chi connectivity index (χ3n) is 3.76. The van der Waals surface area contributed by atoms with Crippen molar-refractivity contribution in [3.63, 3.8) is 0 Å². The first-order valence-electron chi connectivity index (χ1n) is 8.07. The fourth-order valence-corrected chi connectivity index (χ4v) is 2.56. The van der Waals surface area contributed by atoms with Gasteiger partial charge in [0, 0.05) is 17.8 Å². The first kappa shape index (κ1) is 18.5. The normalized spacial score (nSPS) is 11.3. The van der Waals surface area contributed by atoms with Crippen molar-refractivity contribution in [1.82, 2.24) is 15.1 Å². The molecule has 8 heteroatoms. The third kappa shape index (κ3) is 4.66. The summed E-state index contributed by atoms with van der Waals surface area (Å²) >= 11 is 0. The second-order valence-corrected chi connectivity index (χ2v) is 5.76. The lowest BCUT2D eigenvalue weighted by Crippen LogP contribution is -2.25. The zero-order chi connectivity index (χ0) is 19.4. The maximum Gasteiger partial charge on any atom is 0.573 e. The standard InChI is InChI=1S/C19H16F3N3O2/c1-13-11-16(24-25(13)15-8-3-2-4-9-15)18(26)23-12-14-7-5-6-10-17(14)27-19(20,21)22/h2-11H,12H2,1H3,(H,23,26). The maximum absolute atomic E-state index is 12.5. The lowest BCUT2D eigenvalue weighted by molar-refractivity contribution is -0.274. The smallest absolute Gasteiger partial charge is 0.405 e. The van der Waals surface area contributed by atoms with E-state index >= 15 is 0 Å². The number of hydrogen-bond donors (Lipinski definition) is 1. The van der Waals surface area contributed by atoms with Crippen LogP contribution in [0.25, 0.3) is 5.69 Å². The molecule has 1 N–H and O–H groups in total. The number of aromatic nitrogens is 2. The number of aryl methyl sites for hydroxylation is 1. The van der Waals surface area contributed by atoms with Gasteiger partial charge in [-0.3, -0.25) is 4.79 Å². The second-order valence-electron chi connectivity index (χ2n) is 5.76. The van der Waals surface area contributed by atoms with Crippen LogP contribution < -0.4 is 10.1 Å². The molecule has 0 aliphatic carbocycles. The molecule has 1 amide bonds. The molecule has 0 atom stereocenters. The molecule has 3 rings (SSSR count). The molecule has 1 aromatic heterocycles. The van der Waals surface area contributed by atoms with Crippen LogP contribution >= 0.6 is 0 Å². The van der Waals surface area contributed by atoms with Gasteiger partial charge < -0.3 is 10.1 Å². The number of carbonyl (C=O) groups excluding carboxylic acids is 1. The van der Waals surface area contributed by atoms with Crippen LogP contribution in [-0.4, -0.2) is 22.1 Å². The highest BCUT2D eigenvalue weighted by atomic mass is 19.4. The van der Waals surface area contributed by atoms with Crippen molar-refractivity contribution in [1.29, 1.82) is 0 Å². The van der Waals surface area contributed by atoms with E-state index in [0.29, 0.717) is 0 Å². The average Bonchev–Trinajstić information content (AvgIpc) is 3.02. The van der Waals surface area contributed by atoms with Crippen LogP contribution in [0.5, 0.6) is 5.75 Å². The van der Waals surface area contributed by atoms with Crippen molar-refractivity contribution in [3.8, 4) is 11.4 Å². The average molecular weight is 375 g/mol. The van der Waals surface area contributed by atoms with E-state index in [2.05, 4.69) is 15.2 Å². The molecular weight excluding hydrogens is 359 g/mol. The van der Waals surface area contributed by atoms with Gasteiger partial charge in [0.15, 0.2) is 5.69 Å². The van der Waals surface area contributed by atoms with E-state index in [1.165, 1.54) is 18.2 Å². The van der Waals surface area contributed by atoms with E-state index in [4.69, 9.17) is 0 Å². The minimum absolute atomic E-state index is 0.123. The molecule has 0 saturated heterocycles. The van der Waals surface area contributed by atoms with E-state index < -0.39 is 12.3 Å². The number of carbonyl (C=O) groups is 1. The molecular formula is C19H16F3N3O2. The highest BCUT2D eigenvalue weighted by Crippen LogP contribution is 2.26. The lowest BCUT2D eigenvalue weighted by Gasteiger charge is -2.13. The largest absolute Gasteiger partial charge is 0.573 e. The number of nitrogens with zero attached hydrogens (tertiary/aromatic N) is 2. The number of rotatable bonds is 5. The third-order valence-corrected chi connectivity index (χ3v) is 3.76. The topological polar surface area (TPSA) is 56.1 Å². The SMILES string of the molecule is Cc1cc(C(=O)NCc2ccccc2OC(F)(F)F)nn1-c1ccccc1. The molecule has 27 heavy (non-hydrogen) atoms. The van der Waals surface area contributed by atoms with Crippen LogP contribution in [-0.2, 0) is 6.54 Å². The summed E-state index contributed by atoms with van der Waals surface area (Å²) < 4.78 is 43.0. The molecule has 0 fully saturated rings. The Kier molecular flexibility index (Phi) is 5.16. The van der Waals surface area contributed by atoms with Crippen molar-refractivity contribution >= 4 is 5.91 Å². The van der Waals surface area contributed by atoms with Gasteiger partial charge in [-0.1, -0.05) is 36.4 Å². The minimum atomic E-state index is -4.80. The van der Waals surface area contributed by atoms with E-state index in [-0.39, 0.29) is 23.6 Å². The Morgan fingerprint density at radius 3 is 2.48 bits per heavy atom. The summed E-state index contributed by atoms with van der Waals surface area (Å²) in [5.74, 6) is -0.842. The Balaban J connectivity index is 1.73. The summed E-state index contributed by atoms with van der Waals surface area (Å²) in [5.41, 5.74) is 1.94.